The van der Waals surface area contributed by atoms with Crippen molar-refractivity contribution in [3.8, 4) is 5.69 Å². The Morgan fingerprint density at radius 3 is 3.05 bits per heavy atom. The molecule has 1 aliphatic heterocycles. The Kier molecular flexibility index (Phi) is 4.61. The molecular weight excluding hydrogens is 342 g/mol. The highest BCUT2D eigenvalue weighted by Gasteiger charge is 2.29. The van der Waals surface area contributed by atoms with Gasteiger partial charge in [0.25, 0.3) is 0 Å². The molecule has 2 aromatic rings. The van der Waals surface area contributed by atoms with E-state index in [0.717, 1.165) is 42.0 Å². The molecule has 0 amide bonds. The molecule has 1 atom stereocenters. The van der Waals surface area contributed by atoms with Gasteiger partial charge >= 0.3 is 0 Å². The van der Waals surface area contributed by atoms with Crippen LogP contribution in [-0.2, 0) is 6.54 Å². The number of halogens is 1. The molecule has 1 aliphatic rings. The molecule has 1 N–H and O–H groups in total. The van der Waals surface area contributed by atoms with E-state index in [2.05, 4.69) is 50.4 Å². The number of hydrogen-bond donors (Lipinski definition) is 1. The Balaban J connectivity index is 1.64. The summed E-state index contributed by atoms with van der Waals surface area (Å²) in [7, 11) is 2.15. The summed E-state index contributed by atoms with van der Waals surface area (Å²) in [4.78, 5) is 2.34. The number of hydrogen-bond acceptors (Lipinski definition) is 4. The Labute approximate surface area is 139 Å². The van der Waals surface area contributed by atoms with Crippen LogP contribution in [0.3, 0.4) is 0 Å². The first kappa shape index (κ1) is 15.6. The lowest BCUT2D eigenvalue weighted by Gasteiger charge is -2.28. The molecule has 5 nitrogen and oxygen atoms in total. The van der Waals surface area contributed by atoms with Gasteiger partial charge in [0.1, 0.15) is 0 Å². The lowest BCUT2D eigenvalue weighted by atomic mass is 9.89. The maximum atomic E-state index is 4.30. The summed E-state index contributed by atoms with van der Waals surface area (Å²) in [6.45, 7) is 6.47. The van der Waals surface area contributed by atoms with Crippen LogP contribution in [0.25, 0.3) is 5.69 Å². The van der Waals surface area contributed by atoms with E-state index in [1.165, 1.54) is 6.42 Å². The SMILES string of the molecule is CN(Cc1cn(-c2cccc(Br)c2)nn1)CC1(C)CCNC1. The molecule has 1 fully saturated rings. The fourth-order valence-electron chi connectivity index (χ4n) is 3.10. The number of aromatic nitrogens is 3. The molecule has 2 heterocycles. The van der Waals surface area contributed by atoms with Gasteiger partial charge in [-0.3, -0.25) is 4.90 Å². The van der Waals surface area contributed by atoms with Crippen molar-refractivity contribution in [2.45, 2.75) is 19.9 Å². The molecule has 0 radical (unpaired) electrons. The van der Waals surface area contributed by atoms with E-state index in [0.29, 0.717) is 5.41 Å². The summed E-state index contributed by atoms with van der Waals surface area (Å²) < 4.78 is 2.87. The molecular formula is C16H22BrN5. The lowest BCUT2D eigenvalue weighted by Crippen LogP contribution is -2.34. The maximum absolute atomic E-state index is 4.30. The normalized spacial score (nSPS) is 21.6. The average molecular weight is 364 g/mol. The number of nitrogens with zero attached hydrogens (tertiary/aromatic N) is 4. The Morgan fingerprint density at radius 1 is 1.45 bits per heavy atom. The monoisotopic (exact) mass is 363 g/mol. The second kappa shape index (κ2) is 6.48. The van der Waals surface area contributed by atoms with Crippen LogP contribution in [0.1, 0.15) is 19.0 Å². The third-order valence-corrected chi connectivity index (χ3v) is 4.65. The van der Waals surface area contributed by atoms with Gasteiger partial charge in [0.05, 0.1) is 17.6 Å². The zero-order valence-corrected chi connectivity index (χ0v) is 14.7. The average Bonchev–Trinajstić information content (AvgIpc) is 3.08. The van der Waals surface area contributed by atoms with Gasteiger partial charge in [0, 0.05) is 24.1 Å². The first-order valence-corrected chi connectivity index (χ1v) is 8.40. The van der Waals surface area contributed by atoms with Gasteiger partial charge in [0.15, 0.2) is 0 Å². The molecule has 6 heteroatoms. The highest BCUT2D eigenvalue weighted by atomic mass is 79.9. The standard InChI is InChI=1S/C16H22BrN5/c1-16(6-7-18-11-16)12-21(2)9-14-10-22(20-19-14)15-5-3-4-13(17)8-15/h3-5,8,10,18H,6-7,9,11-12H2,1-2H3. The van der Waals surface area contributed by atoms with Gasteiger partial charge in [-0.25, -0.2) is 4.68 Å². The van der Waals surface area contributed by atoms with Crippen molar-refractivity contribution in [1.82, 2.24) is 25.2 Å². The second-order valence-electron chi connectivity index (χ2n) is 6.54. The van der Waals surface area contributed by atoms with Crippen LogP contribution in [0.15, 0.2) is 34.9 Å². The van der Waals surface area contributed by atoms with E-state index in [1.807, 2.05) is 35.1 Å². The summed E-state index contributed by atoms with van der Waals surface area (Å²) in [6.07, 6.45) is 3.25. The summed E-state index contributed by atoms with van der Waals surface area (Å²) >= 11 is 3.49. The molecule has 118 valence electrons. The van der Waals surface area contributed by atoms with E-state index in [4.69, 9.17) is 0 Å². The van der Waals surface area contributed by atoms with Crippen LogP contribution in [0.2, 0.25) is 0 Å². The molecule has 1 saturated heterocycles. The smallest absolute Gasteiger partial charge is 0.0971 e. The van der Waals surface area contributed by atoms with Crippen LogP contribution < -0.4 is 5.32 Å². The van der Waals surface area contributed by atoms with Gasteiger partial charge in [-0.2, -0.15) is 0 Å². The second-order valence-corrected chi connectivity index (χ2v) is 7.46. The van der Waals surface area contributed by atoms with Crippen molar-refractivity contribution < 1.29 is 0 Å². The third-order valence-electron chi connectivity index (χ3n) is 4.15. The van der Waals surface area contributed by atoms with Crippen LogP contribution in [-0.4, -0.2) is 46.6 Å². The van der Waals surface area contributed by atoms with Crippen LogP contribution in [0.5, 0.6) is 0 Å². The zero-order chi connectivity index (χ0) is 15.6. The summed E-state index contributed by atoms with van der Waals surface area (Å²) in [6, 6.07) is 8.07. The third kappa shape index (κ3) is 3.74. The van der Waals surface area contributed by atoms with E-state index in [1.54, 1.807) is 0 Å². The molecule has 1 aromatic heterocycles. The molecule has 0 saturated carbocycles. The highest BCUT2D eigenvalue weighted by molar-refractivity contribution is 9.10. The maximum Gasteiger partial charge on any atom is 0.0971 e. The molecule has 0 spiro atoms. The minimum Gasteiger partial charge on any atom is -0.316 e. The molecule has 22 heavy (non-hydrogen) atoms. The Hall–Kier alpha value is -1.24. The lowest BCUT2D eigenvalue weighted by molar-refractivity contribution is 0.202. The van der Waals surface area contributed by atoms with E-state index >= 15 is 0 Å². The fraction of sp³-hybridized carbons (Fsp3) is 0.500. The quantitative estimate of drug-likeness (QED) is 0.886. The summed E-state index contributed by atoms with van der Waals surface area (Å²) in [5, 5.41) is 12.0. The first-order chi connectivity index (χ1) is 10.5. The van der Waals surface area contributed by atoms with E-state index in [9.17, 15) is 0 Å². The zero-order valence-electron chi connectivity index (χ0n) is 13.1. The van der Waals surface area contributed by atoms with Crippen molar-refractivity contribution in [2.75, 3.05) is 26.7 Å². The molecule has 0 bridgehead atoms. The molecule has 1 unspecified atom stereocenters. The largest absolute Gasteiger partial charge is 0.316 e. The van der Waals surface area contributed by atoms with Gasteiger partial charge in [-0.05, 0) is 43.6 Å². The van der Waals surface area contributed by atoms with Crippen molar-refractivity contribution in [2.24, 2.45) is 5.41 Å². The Morgan fingerprint density at radius 2 is 2.32 bits per heavy atom. The predicted octanol–water partition coefficient (Wildman–Crippen LogP) is 2.46. The summed E-state index contributed by atoms with van der Waals surface area (Å²) in [5.74, 6) is 0. The first-order valence-electron chi connectivity index (χ1n) is 7.61. The van der Waals surface area contributed by atoms with E-state index < -0.39 is 0 Å². The van der Waals surface area contributed by atoms with Crippen molar-refractivity contribution in [1.29, 1.82) is 0 Å². The van der Waals surface area contributed by atoms with Gasteiger partial charge in [-0.15, -0.1) is 5.10 Å². The highest BCUT2D eigenvalue weighted by Crippen LogP contribution is 2.25. The van der Waals surface area contributed by atoms with Gasteiger partial charge in [-0.1, -0.05) is 34.1 Å². The number of benzene rings is 1. The van der Waals surface area contributed by atoms with Crippen LogP contribution in [0.4, 0.5) is 0 Å². The van der Waals surface area contributed by atoms with Gasteiger partial charge < -0.3 is 5.32 Å². The number of nitrogens with one attached hydrogen (secondary N) is 1. The van der Waals surface area contributed by atoms with Crippen molar-refractivity contribution in [3.05, 3.63) is 40.6 Å². The minimum absolute atomic E-state index is 0.370. The van der Waals surface area contributed by atoms with Crippen molar-refractivity contribution in [3.63, 3.8) is 0 Å². The minimum atomic E-state index is 0.370. The number of rotatable bonds is 5. The topological polar surface area (TPSA) is 46.0 Å². The predicted molar refractivity (Wildman–Crippen MR) is 91.0 cm³/mol. The molecule has 0 aliphatic carbocycles. The van der Waals surface area contributed by atoms with E-state index in [-0.39, 0.29) is 0 Å². The van der Waals surface area contributed by atoms with Gasteiger partial charge in [0.2, 0.25) is 0 Å². The van der Waals surface area contributed by atoms with Crippen LogP contribution >= 0.6 is 15.9 Å². The molecule has 3 rings (SSSR count). The fourth-order valence-corrected chi connectivity index (χ4v) is 3.49. The van der Waals surface area contributed by atoms with Crippen molar-refractivity contribution >= 4 is 15.9 Å². The molecule has 1 aromatic carbocycles. The van der Waals surface area contributed by atoms with Crippen LogP contribution in [0, 0.1) is 5.41 Å². The summed E-state index contributed by atoms with van der Waals surface area (Å²) in [5.41, 5.74) is 2.38. The Bertz CT molecular complexity index is 633.